The van der Waals surface area contributed by atoms with Crippen molar-refractivity contribution in [2.75, 3.05) is 5.32 Å². The molecule has 18 heavy (non-hydrogen) atoms. The van der Waals surface area contributed by atoms with E-state index in [-0.39, 0.29) is 0 Å². The molecule has 0 bridgehead atoms. The molecule has 0 saturated heterocycles. The normalized spacial score (nSPS) is 17.7. The predicted octanol–water partition coefficient (Wildman–Crippen LogP) is 4.07. The lowest BCUT2D eigenvalue weighted by Gasteiger charge is -2.23. The van der Waals surface area contributed by atoms with Crippen LogP contribution in [0.4, 0.5) is 5.69 Å². The molecule has 4 heteroatoms. The lowest BCUT2D eigenvalue weighted by molar-refractivity contribution is 0.482. The van der Waals surface area contributed by atoms with Gasteiger partial charge in [-0.25, -0.2) is 0 Å². The molecule has 1 unspecified atom stereocenters. The van der Waals surface area contributed by atoms with Gasteiger partial charge in [-0.05, 0) is 43.9 Å². The number of rotatable bonds is 4. The summed E-state index contributed by atoms with van der Waals surface area (Å²) in [6.07, 6.45) is 5.36. The van der Waals surface area contributed by atoms with Crippen LogP contribution in [0, 0.1) is 5.92 Å². The van der Waals surface area contributed by atoms with Crippen molar-refractivity contribution in [2.24, 2.45) is 11.7 Å². The summed E-state index contributed by atoms with van der Waals surface area (Å²) in [6.45, 7) is 2.25. The molecule has 1 aromatic rings. The summed E-state index contributed by atoms with van der Waals surface area (Å²) in [5, 5.41) is 3.58. The smallest absolute Gasteiger partial charge is 0.106 e. The van der Waals surface area contributed by atoms with Gasteiger partial charge in [-0.3, -0.25) is 0 Å². The van der Waals surface area contributed by atoms with Crippen molar-refractivity contribution in [1.29, 1.82) is 0 Å². The molecule has 3 N–H and O–H groups in total. The molecule has 1 aliphatic carbocycles. The van der Waals surface area contributed by atoms with E-state index in [0.717, 1.165) is 21.6 Å². The van der Waals surface area contributed by atoms with Gasteiger partial charge in [-0.1, -0.05) is 41.0 Å². The molecule has 1 aliphatic rings. The topological polar surface area (TPSA) is 38.0 Å². The summed E-state index contributed by atoms with van der Waals surface area (Å²) >= 11 is 8.60. The van der Waals surface area contributed by atoms with E-state index in [2.05, 4.69) is 34.2 Å². The third-order valence-corrected chi connectivity index (χ3v) is 4.45. The van der Waals surface area contributed by atoms with Crippen molar-refractivity contribution in [3.8, 4) is 0 Å². The van der Waals surface area contributed by atoms with Crippen LogP contribution in [0.3, 0.4) is 0 Å². The minimum atomic E-state index is 0.448. The summed E-state index contributed by atoms with van der Waals surface area (Å²) in [4.78, 5) is 0.448. The maximum absolute atomic E-state index is 5.77. The molecule has 1 fully saturated rings. The summed E-state index contributed by atoms with van der Waals surface area (Å²) in [7, 11) is 0. The van der Waals surface area contributed by atoms with Gasteiger partial charge in [-0.2, -0.15) is 0 Å². The maximum Gasteiger partial charge on any atom is 0.106 e. The summed E-state index contributed by atoms with van der Waals surface area (Å²) < 4.78 is 1.05. The van der Waals surface area contributed by atoms with Crippen molar-refractivity contribution in [3.63, 3.8) is 0 Å². The molecule has 0 aromatic heterocycles. The zero-order valence-electron chi connectivity index (χ0n) is 10.6. The van der Waals surface area contributed by atoms with Crippen LogP contribution >= 0.6 is 28.1 Å². The zero-order chi connectivity index (χ0) is 13.1. The van der Waals surface area contributed by atoms with E-state index in [4.69, 9.17) is 18.0 Å². The standard InChI is InChI=1S/C14H19BrN2S/c1-9(10-4-2-3-5-10)17-13-8-11(15)6-7-12(13)14(16)18/h6-10,17H,2-5H2,1H3,(H2,16,18). The highest BCUT2D eigenvalue weighted by atomic mass is 79.9. The molecule has 1 saturated carbocycles. The van der Waals surface area contributed by atoms with Gasteiger partial charge in [0.25, 0.3) is 0 Å². The number of halogens is 1. The average Bonchev–Trinajstić information content (AvgIpc) is 2.81. The van der Waals surface area contributed by atoms with Crippen LogP contribution < -0.4 is 11.1 Å². The van der Waals surface area contributed by atoms with E-state index in [1.165, 1.54) is 25.7 Å². The first-order chi connectivity index (χ1) is 8.58. The largest absolute Gasteiger partial charge is 0.389 e. The second-order valence-electron chi connectivity index (χ2n) is 5.03. The quantitative estimate of drug-likeness (QED) is 0.819. The molecular formula is C14H19BrN2S. The van der Waals surface area contributed by atoms with E-state index in [0.29, 0.717) is 11.0 Å². The van der Waals surface area contributed by atoms with Crippen molar-refractivity contribution in [3.05, 3.63) is 28.2 Å². The SMILES string of the molecule is CC(Nc1cc(Br)ccc1C(N)=S)C1CCCC1. The van der Waals surface area contributed by atoms with E-state index in [1.807, 2.05) is 12.1 Å². The fraction of sp³-hybridized carbons (Fsp3) is 0.500. The molecular weight excluding hydrogens is 308 g/mol. The lowest BCUT2D eigenvalue weighted by atomic mass is 9.99. The fourth-order valence-corrected chi connectivity index (χ4v) is 3.21. The first kappa shape index (κ1) is 13.8. The highest BCUT2D eigenvalue weighted by Gasteiger charge is 2.22. The van der Waals surface area contributed by atoms with Crippen LogP contribution in [-0.4, -0.2) is 11.0 Å². The second-order valence-corrected chi connectivity index (χ2v) is 6.39. The molecule has 98 valence electrons. The van der Waals surface area contributed by atoms with Crippen LogP contribution in [0.1, 0.15) is 38.2 Å². The number of nitrogens with one attached hydrogen (secondary N) is 1. The second kappa shape index (κ2) is 6.02. The Labute approximate surface area is 122 Å². The molecule has 0 spiro atoms. The van der Waals surface area contributed by atoms with Gasteiger partial charge < -0.3 is 11.1 Å². The van der Waals surface area contributed by atoms with Crippen molar-refractivity contribution >= 4 is 38.8 Å². The Morgan fingerprint density at radius 3 is 2.72 bits per heavy atom. The minimum absolute atomic E-state index is 0.448. The van der Waals surface area contributed by atoms with Crippen LogP contribution in [0.5, 0.6) is 0 Å². The van der Waals surface area contributed by atoms with Gasteiger partial charge in [0.05, 0.1) is 0 Å². The molecule has 1 atom stereocenters. The molecule has 2 rings (SSSR count). The third-order valence-electron chi connectivity index (χ3n) is 3.74. The number of hydrogen-bond donors (Lipinski definition) is 2. The first-order valence-corrected chi connectivity index (χ1v) is 7.64. The molecule has 0 aliphatic heterocycles. The zero-order valence-corrected chi connectivity index (χ0v) is 13.0. The Morgan fingerprint density at radius 2 is 2.11 bits per heavy atom. The molecule has 0 radical (unpaired) electrons. The van der Waals surface area contributed by atoms with Crippen LogP contribution in [-0.2, 0) is 0 Å². The highest BCUT2D eigenvalue weighted by molar-refractivity contribution is 9.10. The Hall–Kier alpha value is -0.610. The number of anilines is 1. The minimum Gasteiger partial charge on any atom is -0.389 e. The van der Waals surface area contributed by atoms with Gasteiger partial charge in [0.2, 0.25) is 0 Å². The first-order valence-electron chi connectivity index (χ1n) is 6.44. The van der Waals surface area contributed by atoms with Gasteiger partial charge in [-0.15, -0.1) is 0 Å². The van der Waals surface area contributed by atoms with Crippen molar-refractivity contribution in [2.45, 2.75) is 38.6 Å². The summed E-state index contributed by atoms with van der Waals surface area (Å²) in [6, 6.07) is 6.46. The molecule has 0 heterocycles. The van der Waals surface area contributed by atoms with Crippen LogP contribution in [0.25, 0.3) is 0 Å². The van der Waals surface area contributed by atoms with E-state index in [1.54, 1.807) is 0 Å². The van der Waals surface area contributed by atoms with Crippen LogP contribution in [0.15, 0.2) is 22.7 Å². The molecule has 0 amide bonds. The number of hydrogen-bond acceptors (Lipinski definition) is 2. The number of thiocarbonyl (C=S) groups is 1. The van der Waals surface area contributed by atoms with E-state index in [9.17, 15) is 0 Å². The van der Waals surface area contributed by atoms with Crippen molar-refractivity contribution < 1.29 is 0 Å². The Balaban J connectivity index is 2.16. The van der Waals surface area contributed by atoms with Gasteiger partial charge >= 0.3 is 0 Å². The predicted molar refractivity (Wildman–Crippen MR) is 85.1 cm³/mol. The van der Waals surface area contributed by atoms with Gasteiger partial charge in [0.1, 0.15) is 4.99 Å². The third kappa shape index (κ3) is 3.23. The fourth-order valence-electron chi connectivity index (χ4n) is 2.67. The number of nitrogens with two attached hydrogens (primary N) is 1. The van der Waals surface area contributed by atoms with Gasteiger partial charge in [0, 0.05) is 21.8 Å². The molecule has 1 aromatic carbocycles. The van der Waals surface area contributed by atoms with E-state index >= 15 is 0 Å². The Morgan fingerprint density at radius 1 is 1.44 bits per heavy atom. The lowest BCUT2D eigenvalue weighted by Crippen LogP contribution is -2.25. The number of benzene rings is 1. The Bertz CT molecular complexity index is 441. The van der Waals surface area contributed by atoms with E-state index < -0.39 is 0 Å². The summed E-state index contributed by atoms with van der Waals surface area (Å²) in [5.41, 5.74) is 7.74. The van der Waals surface area contributed by atoms with Gasteiger partial charge in [0.15, 0.2) is 0 Å². The Kier molecular flexibility index (Phi) is 4.62. The van der Waals surface area contributed by atoms with Crippen LogP contribution in [0.2, 0.25) is 0 Å². The summed E-state index contributed by atoms with van der Waals surface area (Å²) in [5.74, 6) is 0.767. The molecule has 2 nitrogen and oxygen atoms in total. The maximum atomic E-state index is 5.77. The van der Waals surface area contributed by atoms with Crippen molar-refractivity contribution in [1.82, 2.24) is 0 Å². The highest BCUT2D eigenvalue weighted by Crippen LogP contribution is 2.30. The monoisotopic (exact) mass is 326 g/mol. The average molecular weight is 327 g/mol.